The lowest BCUT2D eigenvalue weighted by atomic mass is 10.0. The molecule has 0 atom stereocenters. The molecule has 2 N–H and O–H groups in total. The second kappa shape index (κ2) is 6.01. The van der Waals surface area contributed by atoms with Crippen molar-refractivity contribution in [3.8, 4) is 12.3 Å². The number of hydrogen-bond donors (Lipinski definition) is 2. The van der Waals surface area contributed by atoms with E-state index in [9.17, 15) is 9.59 Å². The van der Waals surface area contributed by atoms with Crippen LogP contribution in [0.15, 0.2) is 0 Å². The van der Waals surface area contributed by atoms with Gasteiger partial charge >= 0.3 is 12.0 Å². The maximum absolute atomic E-state index is 11.7. The molecule has 0 aromatic heterocycles. The summed E-state index contributed by atoms with van der Waals surface area (Å²) in [6.45, 7) is 5.37. The minimum Gasteiger partial charge on any atom is -0.480 e. The molecule has 0 saturated heterocycles. The van der Waals surface area contributed by atoms with Crippen molar-refractivity contribution in [2.45, 2.75) is 32.7 Å². The second-order valence-electron chi connectivity index (χ2n) is 3.79. The Morgan fingerprint density at radius 3 is 2.44 bits per heavy atom. The number of terminal acetylenes is 1. The van der Waals surface area contributed by atoms with E-state index < -0.39 is 17.5 Å². The molecule has 0 aliphatic heterocycles. The average Bonchev–Trinajstić information content (AvgIpc) is 2.18. The predicted octanol–water partition coefficient (Wildman–Crippen LogP) is 0.904. The first kappa shape index (κ1) is 14.3. The zero-order valence-electron chi connectivity index (χ0n) is 9.91. The summed E-state index contributed by atoms with van der Waals surface area (Å²) in [4.78, 5) is 23.9. The second-order valence-corrected chi connectivity index (χ2v) is 3.79. The van der Waals surface area contributed by atoms with Gasteiger partial charge in [-0.05, 0) is 20.8 Å². The molecule has 0 unspecified atom stereocenters. The van der Waals surface area contributed by atoms with Crippen LogP contribution in [0.4, 0.5) is 4.79 Å². The number of aliphatic carboxylic acids is 1. The van der Waals surface area contributed by atoms with Gasteiger partial charge in [0.1, 0.15) is 5.54 Å². The average molecular weight is 226 g/mol. The molecule has 0 radical (unpaired) electrons. The van der Waals surface area contributed by atoms with Gasteiger partial charge in [-0.3, -0.25) is 0 Å². The molecule has 0 bridgehead atoms. The summed E-state index contributed by atoms with van der Waals surface area (Å²) in [5.74, 6) is 1.35. The summed E-state index contributed by atoms with van der Waals surface area (Å²) in [5.41, 5.74) is -1.23. The van der Waals surface area contributed by atoms with E-state index in [-0.39, 0.29) is 0 Å². The third-order valence-electron chi connectivity index (χ3n) is 2.31. The Morgan fingerprint density at radius 2 is 2.06 bits per heavy atom. The quantitative estimate of drug-likeness (QED) is 0.540. The Bertz CT molecular complexity index is 305. The van der Waals surface area contributed by atoms with Gasteiger partial charge in [0.2, 0.25) is 0 Å². The van der Waals surface area contributed by atoms with Crippen LogP contribution in [0.3, 0.4) is 0 Å². The smallest absolute Gasteiger partial charge is 0.329 e. The summed E-state index contributed by atoms with van der Waals surface area (Å²) < 4.78 is 0. The normalized spacial score (nSPS) is 10.4. The van der Waals surface area contributed by atoms with Gasteiger partial charge in [-0.25, -0.2) is 9.59 Å². The summed E-state index contributed by atoms with van der Waals surface area (Å²) >= 11 is 0. The summed E-state index contributed by atoms with van der Waals surface area (Å²) in [7, 11) is 0. The molecule has 16 heavy (non-hydrogen) atoms. The van der Waals surface area contributed by atoms with Crippen molar-refractivity contribution in [2.24, 2.45) is 0 Å². The summed E-state index contributed by atoms with van der Waals surface area (Å²) in [6.07, 6.45) is 5.48. The lowest BCUT2D eigenvalue weighted by Gasteiger charge is -2.34. The molecule has 0 fully saturated rings. The zero-order valence-corrected chi connectivity index (χ0v) is 9.91. The van der Waals surface area contributed by atoms with E-state index in [2.05, 4.69) is 11.2 Å². The summed E-state index contributed by atoms with van der Waals surface area (Å²) in [5, 5.41) is 11.6. The van der Waals surface area contributed by atoms with Gasteiger partial charge < -0.3 is 15.3 Å². The van der Waals surface area contributed by atoms with Crippen molar-refractivity contribution in [3.63, 3.8) is 0 Å². The molecule has 90 valence electrons. The Labute approximate surface area is 95.8 Å². The highest BCUT2D eigenvalue weighted by molar-refractivity contribution is 5.85. The topological polar surface area (TPSA) is 69.6 Å². The van der Waals surface area contributed by atoms with Gasteiger partial charge in [0.05, 0.1) is 0 Å². The van der Waals surface area contributed by atoms with Gasteiger partial charge in [-0.1, -0.05) is 0 Å². The lowest BCUT2D eigenvalue weighted by Crippen LogP contribution is -2.56. The highest BCUT2D eigenvalue weighted by atomic mass is 16.4. The Hall–Kier alpha value is -1.70. The molecule has 5 nitrogen and oxygen atoms in total. The van der Waals surface area contributed by atoms with Crippen molar-refractivity contribution < 1.29 is 14.7 Å². The Kier molecular flexibility index (Phi) is 5.37. The number of carboxylic acids is 1. The number of carboxylic acid groups (broad SMARTS) is 1. The number of rotatable bonds is 5. The molecule has 5 heteroatoms. The van der Waals surface area contributed by atoms with Gasteiger partial charge in [0, 0.05) is 19.5 Å². The molecular formula is C11H18N2O3. The first-order valence-electron chi connectivity index (χ1n) is 5.10. The van der Waals surface area contributed by atoms with Crippen LogP contribution in [0.25, 0.3) is 0 Å². The van der Waals surface area contributed by atoms with Crippen molar-refractivity contribution in [2.75, 3.05) is 13.1 Å². The number of hydrogen-bond acceptors (Lipinski definition) is 2. The van der Waals surface area contributed by atoms with E-state index in [4.69, 9.17) is 11.5 Å². The molecule has 0 rings (SSSR count). The van der Waals surface area contributed by atoms with Gasteiger partial charge in [-0.15, -0.1) is 12.3 Å². The van der Waals surface area contributed by atoms with Crippen LogP contribution in [0, 0.1) is 12.3 Å². The van der Waals surface area contributed by atoms with E-state index in [0.29, 0.717) is 19.5 Å². The van der Waals surface area contributed by atoms with Crippen LogP contribution in [0.2, 0.25) is 0 Å². The highest BCUT2D eigenvalue weighted by Crippen LogP contribution is 2.14. The maximum Gasteiger partial charge on any atom is 0.329 e. The van der Waals surface area contributed by atoms with Crippen LogP contribution in [-0.4, -0.2) is 40.6 Å². The largest absolute Gasteiger partial charge is 0.480 e. The van der Waals surface area contributed by atoms with E-state index in [1.807, 2.05) is 0 Å². The van der Waals surface area contributed by atoms with E-state index in [1.54, 1.807) is 6.92 Å². The molecule has 0 aromatic carbocycles. The standard InChI is InChI=1S/C11H18N2O3/c1-5-7-8-12-10(16)13(6-2)11(3,4)9(14)15/h1H,6-8H2,2-4H3,(H,12,16)(H,14,15). The number of amides is 2. The number of likely N-dealkylation sites (N-methyl/N-ethyl adjacent to an activating group) is 1. The SMILES string of the molecule is C#CCCNC(=O)N(CC)C(C)(C)C(=O)O. The van der Waals surface area contributed by atoms with Crippen molar-refractivity contribution in [1.82, 2.24) is 10.2 Å². The van der Waals surface area contributed by atoms with E-state index in [1.165, 1.54) is 18.7 Å². The van der Waals surface area contributed by atoms with Crippen molar-refractivity contribution in [3.05, 3.63) is 0 Å². The van der Waals surface area contributed by atoms with E-state index in [0.717, 1.165) is 0 Å². The van der Waals surface area contributed by atoms with Gasteiger partial charge in [-0.2, -0.15) is 0 Å². The fourth-order valence-electron chi connectivity index (χ4n) is 1.25. The molecule has 0 aliphatic rings. The molecule has 0 spiro atoms. The Morgan fingerprint density at radius 1 is 1.50 bits per heavy atom. The van der Waals surface area contributed by atoms with Crippen LogP contribution in [-0.2, 0) is 4.79 Å². The Balaban J connectivity index is 4.56. The third kappa shape index (κ3) is 3.46. The minimum absolute atomic E-state index is 0.321. The number of nitrogens with one attached hydrogen (secondary N) is 1. The molecule has 2 amide bonds. The first-order chi connectivity index (χ1) is 7.37. The maximum atomic E-state index is 11.7. The van der Waals surface area contributed by atoms with Crippen LogP contribution in [0.1, 0.15) is 27.2 Å². The molecule has 0 heterocycles. The van der Waals surface area contributed by atoms with Crippen molar-refractivity contribution in [1.29, 1.82) is 0 Å². The van der Waals surface area contributed by atoms with Crippen LogP contribution >= 0.6 is 0 Å². The van der Waals surface area contributed by atoms with Gasteiger partial charge in [0.15, 0.2) is 0 Å². The van der Waals surface area contributed by atoms with Crippen molar-refractivity contribution >= 4 is 12.0 Å². The summed E-state index contributed by atoms with van der Waals surface area (Å²) in [6, 6.07) is -0.412. The number of urea groups is 1. The fraction of sp³-hybridized carbons (Fsp3) is 0.636. The lowest BCUT2D eigenvalue weighted by molar-refractivity contribution is -0.147. The zero-order chi connectivity index (χ0) is 12.8. The predicted molar refractivity (Wildman–Crippen MR) is 60.9 cm³/mol. The van der Waals surface area contributed by atoms with Crippen LogP contribution in [0.5, 0.6) is 0 Å². The van der Waals surface area contributed by atoms with Crippen LogP contribution < -0.4 is 5.32 Å². The fourth-order valence-corrected chi connectivity index (χ4v) is 1.25. The molecular weight excluding hydrogens is 208 g/mol. The minimum atomic E-state index is -1.23. The van der Waals surface area contributed by atoms with E-state index >= 15 is 0 Å². The monoisotopic (exact) mass is 226 g/mol. The number of carbonyl (C=O) groups is 2. The highest BCUT2D eigenvalue weighted by Gasteiger charge is 2.36. The molecule has 0 saturated carbocycles. The molecule has 0 aliphatic carbocycles. The number of carbonyl (C=O) groups excluding carboxylic acids is 1. The first-order valence-corrected chi connectivity index (χ1v) is 5.10. The number of nitrogens with zero attached hydrogens (tertiary/aromatic N) is 1. The van der Waals surface area contributed by atoms with Gasteiger partial charge in [0.25, 0.3) is 0 Å². The molecule has 0 aromatic rings. The third-order valence-corrected chi connectivity index (χ3v) is 2.31.